The first kappa shape index (κ1) is 14.4. The molecule has 2 rings (SSSR count). The van der Waals surface area contributed by atoms with Crippen LogP contribution >= 0.6 is 11.6 Å². The number of hydrogen-bond acceptors (Lipinski definition) is 3. The fraction of sp³-hybridized carbons (Fsp3) is 0.167. The van der Waals surface area contributed by atoms with E-state index in [0.29, 0.717) is 9.70 Å². The molecule has 1 aromatic carbocycles. The molecule has 2 aromatic rings. The lowest BCUT2D eigenvalue weighted by molar-refractivity contribution is -0.143. The largest absolute Gasteiger partial charge is 0.465 e. The molecule has 0 atom stereocenters. The molecule has 0 saturated heterocycles. The first-order valence-electron chi connectivity index (χ1n) is 5.34. The minimum absolute atomic E-state index is 0.136. The van der Waals surface area contributed by atoms with Crippen molar-refractivity contribution in [1.29, 1.82) is 0 Å². The van der Waals surface area contributed by atoms with Crippen LogP contribution in [0, 0.1) is 0 Å². The minimum atomic E-state index is -4.75. The number of carbonyl (C=O) groups is 1. The first-order valence-corrected chi connectivity index (χ1v) is 5.72. The summed E-state index contributed by atoms with van der Waals surface area (Å²) in [5, 5.41) is 3.98. The zero-order chi connectivity index (χ0) is 14.9. The highest BCUT2D eigenvalue weighted by molar-refractivity contribution is 6.30. The Balaban J connectivity index is 2.62. The number of esters is 1. The van der Waals surface area contributed by atoms with Crippen molar-refractivity contribution in [3.63, 3.8) is 0 Å². The Labute approximate surface area is 116 Å². The van der Waals surface area contributed by atoms with Gasteiger partial charge in [-0.1, -0.05) is 11.6 Å². The van der Waals surface area contributed by atoms with Crippen LogP contribution in [0.3, 0.4) is 0 Å². The molecule has 1 aromatic heterocycles. The quantitative estimate of drug-likeness (QED) is 0.799. The van der Waals surface area contributed by atoms with Gasteiger partial charge in [0.05, 0.1) is 19.0 Å². The topological polar surface area (TPSA) is 44.1 Å². The number of aromatic nitrogens is 2. The molecule has 106 valence electrons. The van der Waals surface area contributed by atoms with Crippen molar-refractivity contribution >= 4 is 17.6 Å². The Morgan fingerprint density at radius 1 is 1.30 bits per heavy atom. The summed E-state index contributed by atoms with van der Waals surface area (Å²) < 4.78 is 44.3. The van der Waals surface area contributed by atoms with Gasteiger partial charge in [-0.25, -0.2) is 9.48 Å². The van der Waals surface area contributed by atoms with Crippen molar-refractivity contribution in [2.24, 2.45) is 0 Å². The van der Waals surface area contributed by atoms with Gasteiger partial charge in [0.25, 0.3) is 0 Å². The van der Waals surface area contributed by atoms with Gasteiger partial charge in [0.15, 0.2) is 5.69 Å². The second-order valence-electron chi connectivity index (χ2n) is 3.78. The lowest BCUT2D eigenvalue weighted by Gasteiger charge is -2.12. The highest BCUT2D eigenvalue weighted by atomic mass is 35.5. The van der Waals surface area contributed by atoms with Gasteiger partial charge in [0.1, 0.15) is 5.56 Å². The lowest BCUT2D eigenvalue weighted by Crippen LogP contribution is -2.18. The van der Waals surface area contributed by atoms with E-state index in [0.717, 1.165) is 13.3 Å². The summed E-state index contributed by atoms with van der Waals surface area (Å²) >= 11 is 5.68. The van der Waals surface area contributed by atoms with Gasteiger partial charge in [-0.2, -0.15) is 18.3 Å². The Morgan fingerprint density at radius 3 is 2.40 bits per heavy atom. The highest BCUT2D eigenvalue weighted by Gasteiger charge is 2.40. The summed E-state index contributed by atoms with van der Waals surface area (Å²) in [7, 11) is 1.00. The molecule has 0 unspecified atom stereocenters. The number of alkyl halides is 3. The van der Waals surface area contributed by atoms with Gasteiger partial charge >= 0.3 is 12.1 Å². The maximum absolute atomic E-state index is 13.1. The van der Waals surface area contributed by atoms with E-state index in [2.05, 4.69) is 9.84 Å². The summed E-state index contributed by atoms with van der Waals surface area (Å²) in [5.41, 5.74) is -1.70. The van der Waals surface area contributed by atoms with Gasteiger partial charge in [0, 0.05) is 5.02 Å². The van der Waals surface area contributed by atoms with E-state index >= 15 is 0 Å². The summed E-state index contributed by atoms with van der Waals surface area (Å²) in [4.78, 5) is 11.4. The number of benzene rings is 1. The van der Waals surface area contributed by atoms with E-state index in [1.54, 1.807) is 0 Å². The second-order valence-corrected chi connectivity index (χ2v) is 4.22. The molecule has 0 N–H and O–H groups in total. The van der Waals surface area contributed by atoms with Crippen LogP contribution in [0.5, 0.6) is 0 Å². The predicted octanol–water partition coefficient (Wildman–Crippen LogP) is 3.33. The van der Waals surface area contributed by atoms with E-state index in [9.17, 15) is 18.0 Å². The fourth-order valence-electron chi connectivity index (χ4n) is 1.66. The SMILES string of the molecule is COC(=O)c1cnn(-c2ccc(Cl)cc2)c1C(F)(F)F. The normalized spacial score (nSPS) is 11.4. The molecular weight excluding hydrogens is 297 g/mol. The predicted molar refractivity (Wildman–Crippen MR) is 64.9 cm³/mol. The number of rotatable bonds is 2. The van der Waals surface area contributed by atoms with Crippen molar-refractivity contribution in [3.05, 3.63) is 46.7 Å². The number of hydrogen-bond donors (Lipinski definition) is 0. The molecule has 0 saturated carbocycles. The van der Waals surface area contributed by atoms with Crippen LogP contribution in [0.2, 0.25) is 5.02 Å². The van der Waals surface area contributed by atoms with Crippen LogP contribution in [0.4, 0.5) is 13.2 Å². The second kappa shape index (κ2) is 5.16. The number of ether oxygens (including phenoxy) is 1. The molecule has 0 bridgehead atoms. The van der Waals surface area contributed by atoms with E-state index < -0.39 is 23.4 Å². The summed E-state index contributed by atoms with van der Waals surface area (Å²) in [6.07, 6.45) is -3.93. The molecule has 0 aliphatic rings. The minimum Gasteiger partial charge on any atom is -0.465 e. The van der Waals surface area contributed by atoms with Gasteiger partial charge < -0.3 is 4.74 Å². The van der Waals surface area contributed by atoms with Crippen molar-refractivity contribution in [3.8, 4) is 5.69 Å². The third kappa shape index (κ3) is 2.62. The third-order valence-electron chi connectivity index (χ3n) is 2.51. The van der Waals surface area contributed by atoms with Crippen LogP contribution in [-0.2, 0) is 10.9 Å². The maximum Gasteiger partial charge on any atom is 0.434 e. The van der Waals surface area contributed by atoms with Crippen molar-refractivity contribution in [2.45, 2.75) is 6.18 Å². The standard InChI is InChI=1S/C12H8ClF3N2O2/c1-20-11(19)9-6-17-18(10(9)12(14,15)16)8-4-2-7(13)3-5-8/h2-6H,1H3. The molecule has 1 heterocycles. The Hall–Kier alpha value is -2.02. The third-order valence-corrected chi connectivity index (χ3v) is 2.77. The molecule has 4 nitrogen and oxygen atoms in total. The number of halogens is 4. The van der Waals surface area contributed by atoms with Gasteiger partial charge in [0.2, 0.25) is 0 Å². The summed E-state index contributed by atoms with van der Waals surface area (Å²) in [5.74, 6) is -1.10. The van der Waals surface area contributed by atoms with E-state index in [4.69, 9.17) is 11.6 Å². The number of methoxy groups -OCH3 is 1. The molecule has 0 aliphatic heterocycles. The zero-order valence-corrected chi connectivity index (χ0v) is 10.9. The average molecular weight is 305 g/mol. The van der Waals surface area contributed by atoms with Crippen LogP contribution < -0.4 is 0 Å². The van der Waals surface area contributed by atoms with E-state index in [-0.39, 0.29) is 5.69 Å². The molecule has 0 aliphatic carbocycles. The van der Waals surface area contributed by atoms with Crippen LogP contribution in [0.15, 0.2) is 30.5 Å². The number of nitrogens with zero attached hydrogens (tertiary/aromatic N) is 2. The maximum atomic E-state index is 13.1. The van der Waals surface area contributed by atoms with Crippen molar-refractivity contribution in [2.75, 3.05) is 7.11 Å². The van der Waals surface area contributed by atoms with Crippen LogP contribution in [-0.4, -0.2) is 22.9 Å². The molecule has 0 spiro atoms. The van der Waals surface area contributed by atoms with E-state index in [1.807, 2.05) is 0 Å². The molecule has 20 heavy (non-hydrogen) atoms. The monoisotopic (exact) mass is 304 g/mol. The van der Waals surface area contributed by atoms with Crippen LogP contribution in [0.25, 0.3) is 5.69 Å². The smallest absolute Gasteiger partial charge is 0.434 e. The zero-order valence-electron chi connectivity index (χ0n) is 10.1. The Bertz CT molecular complexity index is 635. The highest BCUT2D eigenvalue weighted by Crippen LogP contribution is 2.34. The Kier molecular flexibility index (Phi) is 3.71. The Morgan fingerprint density at radius 2 is 1.90 bits per heavy atom. The summed E-state index contributed by atoms with van der Waals surface area (Å²) in [6, 6.07) is 5.59. The average Bonchev–Trinajstić information content (AvgIpc) is 2.83. The molecule has 8 heteroatoms. The molecular formula is C12H8ClF3N2O2. The van der Waals surface area contributed by atoms with Crippen molar-refractivity contribution in [1.82, 2.24) is 9.78 Å². The summed E-state index contributed by atoms with van der Waals surface area (Å²) in [6.45, 7) is 0. The van der Waals surface area contributed by atoms with Gasteiger partial charge in [-0.15, -0.1) is 0 Å². The van der Waals surface area contributed by atoms with Gasteiger partial charge in [-0.3, -0.25) is 0 Å². The fourth-order valence-corrected chi connectivity index (χ4v) is 1.78. The molecule has 0 amide bonds. The number of carbonyl (C=O) groups excluding carboxylic acids is 1. The molecule has 0 radical (unpaired) electrons. The van der Waals surface area contributed by atoms with Crippen molar-refractivity contribution < 1.29 is 22.7 Å². The van der Waals surface area contributed by atoms with Gasteiger partial charge in [-0.05, 0) is 24.3 Å². The molecule has 0 fully saturated rings. The first-order chi connectivity index (χ1) is 9.34. The van der Waals surface area contributed by atoms with E-state index in [1.165, 1.54) is 24.3 Å². The van der Waals surface area contributed by atoms with Crippen LogP contribution in [0.1, 0.15) is 16.1 Å². The lowest BCUT2D eigenvalue weighted by atomic mass is 10.2.